The van der Waals surface area contributed by atoms with Gasteiger partial charge >= 0.3 is 5.97 Å². The number of carbonyl (C=O) groups excluding carboxylic acids is 3. The van der Waals surface area contributed by atoms with Crippen molar-refractivity contribution >= 4 is 23.6 Å². The number of para-hydroxylation sites is 1. The van der Waals surface area contributed by atoms with Gasteiger partial charge in [-0.05, 0) is 45.0 Å². The van der Waals surface area contributed by atoms with Crippen molar-refractivity contribution in [2.24, 2.45) is 5.92 Å². The number of benzene rings is 2. The summed E-state index contributed by atoms with van der Waals surface area (Å²) in [6.45, 7) is 5.78. The van der Waals surface area contributed by atoms with E-state index in [4.69, 9.17) is 4.74 Å². The van der Waals surface area contributed by atoms with Gasteiger partial charge in [-0.1, -0.05) is 30.3 Å². The molecule has 0 bridgehead atoms. The molecule has 2 N–H and O–H groups in total. The van der Waals surface area contributed by atoms with E-state index in [1.807, 2.05) is 57.2 Å². The third kappa shape index (κ3) is 5.28. The van der Waals surface area contributed by atoms with Crippen molar-refractivity contribution in [3.05, 3.63) is 66.2 Å². The highest BCUT2D eigenvalue weighted by Gasteiger charge is 2.28. The Morgan fingerprint density at radius 1 is 1.09 bits per heavy atom. The third-order valence-corrected chi connectivity index (χ3v) is 5.10. The number of rotatable bonds is 5. The molecule has 8 nitrogen and oxygen atoms in total. The number of anilines is 1. The van der Waals surface area contributed by atoms with Crippen LogP contribution in [0.2, 0.25) is 0 Å². The Morgan fingerprint density at radius 2 is 1.85 bits per heavy atom. The number of carbonyl (C=O) groups is 3. The van der Waals surface area contributed by atoms with Crippen LogP contribution < -0.4 is 10.6 Å². The van der Waals surface area contributed by atoms with Crippen molar-refractivity contribution in [3.63, 3.8) is 0 Å². The molecule has 0 radical (unpaired) electrons. The van der Waals surface area contributed by atoms with Gasteiger partial charge in [-0.25, -0.2) is 9.48 Å². The Labute approximate surface area is 191 Å². The smallest absolute Gasteiger partial charge is 0.338 e. The molecule has 2 amide bonds. The number of esters is 1. The molecule has 2 aromatic carbocycles. The summed E-state index contributed by atoms with van der Waals surface area (Å²) >= 11 is 0. The Balaban J connectivity index is 1.68. The Hall–Kier alpha value is -3.94. The van der Waals surface area contributed by atoms with Crippen molar-refractivity contribution < 1.29 is 19.1 Å². The first-order valence-corrected chi connectivity index (χ1v) is 10.8. The minimum atomic E-state index is -0.604. The van der Waals surface area contributed by atoms with Crippen LogP contribution in [0.4, 0.5) is 5.82 Å². The molecular weight excluding hydrogens is 420 g/mol. The molecular formula is C25H26N4O4. The summed E-state index contributed by atoms with van der Waals surface area (Å²) in [4.78, 5) is 36.7. The molecule has 170 valence electrons. The molecule has 1 aliphatic heterocycles. The van der Waals surface area contributed by atoms with E-state index in [-0.39, 0.29) is 18.2 Å². The van der Waals surface area contributed by atoms with Gasteiger partial charge < -0.3 is 15.4 Å². The van der Waals surface area contributed by atoms with Crippen LogP contribution in [0.3, 0.4) is 0 Å². The highest BCUT2D eigenvalue weighted by Crippen LogP contribution is 2.28. The van der Waals surface area contributed by atoms with Crippen LogP contribution in [0.5, 0.6) is 0 Å². The zero-order chi connectivity index (χ0) is 23.6. The average Bonchev–Trinajstić information content (AvgIpc) is 3.40. The van der Waals surface area contributed by atoms with Crippen molar-refractivity contribution in [2.75, 3.05) is 11.9 Å². The van der Waals surface area contributed by atoms with E-state index in [1.54, 1.807) is 28.9 Å². The summed E-state index contributed by atoms with van der Waals surface area (Å²) < 4.78 is 7.21. The SMILES string of the molecule is CC(C)(C)OC(=O)c1cccc(-c2cc(NC(=O)[C@@H]3CNC(=O)C3)nn2-c2ccccc2)c1. The second-order valence-electron chi connectivity index (χ2n) is 8.94. The largest absolute Gasteiger partial charge is 0.456 e. The highest BCUT2D eigenvalue weighted by molar-refractivity contribution is 5.97. The number of aromatic nitrogens is 2. The molecule has 33 heavy (non-hydrogen) atoms. The summed E-state index contributed by atoms with van der Waals surface area (Å²) in [6, 6.07) is 18.4. The lowest BCUT2D eigenvalue weighted by atomic mass is 10.1. The van der Waals surface area contributed by atoms with Gasteiger partial charge in [0.15, 0.2) is 5.82 Å². The van der Waals surface area contributed by atoms with E-state index in [9.17, 15) is 14.4 Å². The van der Waals surface area contributed by atoms with Crippen LogP contribution in [-0.4, -0.2) is 39.7 Å². The molecule has 2 heterocycles. The van der Waals surface area contributed by atoms with E-state index in [2.05, 4.69) is 15.7 Å². The zero-order valence-corrected chi connectivity index (χ0v) is 18.8. The monoisotopic (exact) mass is 446 g/mol. The molecule has 1 saturated heterocycles. The molecule has 1 fully saturated rings. The second-order valence-corrected chi connectivity index (χ2v) is 8.94. The summed E-state index contributed by atoms with van der Waals surface area (Å²) in [6.07, 6.45) is 0.163. The lowest BCUT2D eigenvalue weighted by molar-refractivity contribution is -0.123. The maximum Gasteiger partial charge on any atom is 0.338 e. The zero-order valence-electron chi connectivity index (χ0n) is 18.8. The Bertz CT molecular complexity index is 1190. The quantitative estimate of drug-likeness (QED) is 0.584. The average molecular weight is 447 g/mol. The van der Waals surface area contributed by atoms with Gasteiger partial charge in [0.05, 0.1) is 22.9 Å². The fraction of sp³-hybridized carbons (Fsp3) is 0.280. The van der Waals surface area contributed by atoms with Crippen LogP contribution in [0.15, 0.2) is 60.7 Å². The van der Waals surface area contributed by atoms with Crippen molar-refractivity contribution in [1.82, 2.24) is 15.1 Å². The fourth-order valence-corrected chi connectivity index (χ4v) is 3.58. The topological polar surface area (TPSA) is 102 Å². The Kier molecular flexibility index (Phi) is 6.00. The van der Waals surface area contributed by atoms with E-state index >= 15 is 0 Å². The second kappa shape index (κ2) is 8.90. The molecule has 0 spiro atoms. The molecule has 0 unspecified atom stereocenters. The number of amides is 2. The molecule has 0 aliphatic carbocycles. The first-order valence-electron chi connectivity index (χ1n) is 10.8. The number of nitrogens with one attached hydrogen (secondary N) is 2. The minimum absolute atomic E-state index is 0.135. The fourth-order valence-electron chi connectivity index (χ4n) is 3.58. The first-order chi connectivity index (χ1) is 15.7. The maximum absolute atomic E-state index is 12.6. The third-order valence-electron chi connectivity index (χ3n) is 5.10. The summed E-state index contributed by atoms with van der Waals surface area (Å²) in [5.41, 5.74) is 2.06. The summed E-state index contributed by atoms with van der Waals surface area (Å²) in [5.74, 6) is -0.883. The van der Waals surface area contributed by atoms with Crippen LogP contribution in [-0.2, 0) is 14.3 Å². The number of ether oxygens (including phenoxy) is 1. The van der Waals surface area contributed by atoms with Gasteiger partial charge in [0.2, 0.25) is 11.8 Å². The predicted octanol–water partition coefficient (Wildman–Crippen LogP) is 3.57. The van der Waals surface area contributed by atoms with Gasteiger partial charge in [0.1, 0.15) is 5.60 Å². The van der Waals surface area contributed by atoms with Gasteiger partial charge in [0, 0.05) is 24.6 Å². The lowest BCUT2D eigenvalue weighted by Crippen LogP contribution is -2.24. The normalized spacial score (nSPS) is 15.7. The molecule has 4 rings (SSSR count). The van der Waals surface area contributed by atoms with Crippen LogP contribution in [0.1, 0.15) is 37.6 Å². The Morgan fingerprint density at radius 3 is 2.52 bits per heavy atom. The maximum atomic E-state index is 12.6. The van der Waals surface area contributed by atoms with Crippen LogP contribution >= 0.6 is 0 Å². The van der Waals surface area contributed by atoms with E-state index < -0.39 is 17.5 Å². The van der Waals surface area contributed by atoms with Crippen LogP contribution in [0, 0.1) is 5.92 Å². The number of hydrogen-bond donors (Lipinski definition) is 2. The molecule has 3 aromatic rings. The van der Waals surface area contributed by atoms with E-state index in [0.717, 1.165) is 11.3 Å². The minimum Gasteiger partial charge on any atom is -0.456 e. The van der Waals surface area contributed by atoms with Crippen molar-refractivity contribution in [3.8, 4) is 16.9 Å². The van der Waals surface area contributed by atoms with Gasteiger partial charge in [-0.15, -0.1) is 5.10 Å². The van der Waals surface area contributed by atoms with Gasteiger partial charge in [-0.3, -0.25) is 9.59 Å². The van der Waals surface area contributed by atoms with Crippen molar-refractivity contribution in [2.45, 2.75) is 32.8 Å². The summed E-state index contributed by atoms with van der Waals surface area (Å²) in [5, 5.41) is 10.1. The summed E-state index contributed by atoms with van der Waals surface area (Å²) in [7, 11) is 0. The molecule has 0 saturated carbocycles. The standard InChI is InChI=1S/C25H26N4O4/c1-25(2,3)33-24(32)17-9-7-8-16(12-17)20-14-21(27-23(31)18-13-22(30)26-15-18)28-29(20)19-10-5-4-6-11-19/h4-12,14,18H,13,15H2,1-3H3,(H,26,30)(H,27,28,31)/t18-/m0/s1. The van der Waals surface area contributed by atoms with Gasteiger partial charge in [-0.2, -0.15) is 0 Å². The lowest BCUT2D eigenvalue weighted by Gasteiger charge is -2.19. The first kappa shape index (κ1) is 22.3. The highest BCUT2D eigenvalue weighted by atomic mass is 16.6. The molecule has 1 atom stereocenters. The molecule has 1 aromatic heterocycles. The molecule has 8 heteroatoms. The molecule has 1 aliphatic rings. The van der Waals surface area contributed by atoms with E-state index in [1.165, 1.54) is 0 Å². The number of hydrogen-bond acceptors (Lipinski definition) is 5. The van der Waals surface area contributed by atoms with Crippen molar-refractivity contribution in [1.29, 1.82) is 0 Å². The predicted molar refractivity (Wildman–Crippen MR) is 124 cm³/mol. The van der Waals surface area contributed by atoms with Crippen LogP contribution in [0.25, 0.3) is 16.9 Å². The van der Waals surface area contributed by atoms with E-state index in [0.29, 0.717) is 23.6 Å². The number of nitrogens with zero attached hydrogens (tertiary/aromatic N) is 2. The van der Waals surface area contributed by atoms with Gasteiger partial charge in [0.25, 0.3) is 0 Å².